The van der Waals surface area contributed by atoms with E-state index >= 15 is 0 Å². The first-order chi connectivity index (χ1) is 13.0. The number of carbonyl (C=O) groups excluding carboxylic acids is 2. The van der Waals surface area contributed by atoms with E-state index < -0.39 is 0 Å². The molecule has 6 heteroatoms. The molecule has 2 aromatic rings. The molecule has 1 N–H and O–H groups in total. The number of amides is 2. The quantitative estimate of drug-likeness (QED) is 0.841. The lowest BCUT2D eigenvalue weighted by Crippen LogP contribution is -2.55. The Kier molecular flexibility index (Phi) is 4.56. The van der Waals surface area contributed by atoms with E-state index in [2.05, 4.69) is 10.2 Å². The fourth-order valence-corrected chi connectivity index (χ4v) is 4.11. The number of carbonyl (C=O) groups is 2. The van der Waals surface area contributed by atoms with Crippen LogP contribution in [-0.2, 0) is 0 Å². The highest BCUT2D eigenvalue weighted by Crippen LogP contribution is 2.35. The minimum absolute atomic E-state index is 0.0606. The summed E-state index contributed by atoms with van der Waals surface area (Å²) in [6.45, 7) is 2.71. The van der Waals surface area contributed by atoms with E-state index in [9.17, 15) is 9.59 Å². The zero-order valence-corrected chi connectivity index (χ0v) is 16.2. The summed E-state index contributed by atoms with van der Waals surface area (Å²) in [7, 11) is 2.00. The van der Waals surface area contributed by atoms with Gasteiger partial charge in [-0.2, -0.15) is 0 Å². The molecule has 2 aliphatic heterocycles. The predicted molar refractivity (Wildman–Crippen MR) is 108 cm³/mol. The second kappa shape index (κ2) is 6.89. The van der Waals surface area contributed by atoms with Crippen molar-refractivity contribution in [1.82, 2.24) is 4.90 Å². The van der Waals surface area contributed by atoms with Crippen LogP contribution in [0.5, 0.6) is 0 Å². The molecule has 5 nitrogen and oxygen atoms in total. The normalized spacial score (nSPS) is 18.8. The van der Waals surface area contributed by atoms with E-state index in [0.717, 1.165) is 37.1 Å². The van der Waals surface area contributed by atoms with Gasteiger partial charge in [0.1, 0.15) is 6.17 Å². The first-order valence-electron chi connectivity index (χ1n) is 9.21. The lowest BCUT2D eigenvalue weighted by atomic mass is 9.97. The first-order valence-corrected chi connectivity index (χ1v) is 9.59. The van der Waals surface area contributed by atoms with Crippen molar-refractivity contribution in [2.45, 2.75) is 32.4 Å². The van der Waals surface area contributed by atoms with Gasteiger partial charge in [0.2, 0.25) is 0 Å². The molecule has 2 aliphatic rings. The molecular formula is C21H22ClN3O2. The molecule has 0 aromatic heterocycles. The fourth-order valence-electron chi connectivity index (χ4n) is 3.94. The number of halogens is 1. The number of anilines is 2. The van der Waals surface area contributed by atoms with Gasteiger partial charge in [-0.1, -0.05) is 17.7 Å². The van der Waals surface area contributed by atoms with Gasteiger partial charge in [-0.25, -0.2) is 0 Å². The SMILES string of the molecule is Cc1ccc(Cl)cc1NC(=O)c1ccc2c(c1)N(C)[C@H]1CCCCN1C2=O. The number of piperidine rings is 1. The van der Waals surface area contributed by atoms with Crippen molar-refractivity contribution in [1.29, 1.82) is 0 Å². The number of fused-ring (bicyclic) bond motifs is 2. The molecule has 2 amide bonds. The second-order valence-electron chi connectivity index (χ2n) is 7.23. The molecule has 27 heavy (non-hydrogen) atoms. The summed E-state index contributed by atoms with van der Waals surface area (Å²) >= 11 is 6.04. The topological polar surface area (TPSA) is 52.7 Å². The van der Waals surface area contributed by atoms with Gasteiger partial charge >= 0.3 is 0 Å². The molecule has 0 spiro atoms. The van der Waals surface area contributed by atoms with Crippen molar-refractivity contribution >= 4 is 34.8 Å². The maximum Gasteiger partial charge on any atom is 0.257 e. The molecule has 2 heterocycles. The molecule has 1 fully saturated rings. The first kappa shape index (κ1) is 17.9. The van der Waals surface area contributed by atoms with Crippen molar-refractivity contribution < 1.29 is 9.59 Å². The van der Waals surface area contributed by atoms with Gasteiger partial charge in [-0.3, -0.25) is 9.59 Å². The van der Waals surface area contributed by atoms with Crippen LogP contribution in [0.1, 0.15) is 45.5 Å². The van der Waals surface area contributed by atoms with Crippen LogP contribution >= 0.6 is 11.6 Å². The van der Waals surface area contributed by atoms with Crippen molar-refractivity contribution in [3.8, 4) is 0 Å². The van der Waals surface area contributed by atoms with Crippen LogP contribution in [0.2, 0.25) is 5.02 Å². The Hall–Kier alpha value is -2.53. The summed E-state index contributed by atoms with van der Waals surface area (Å²) in [5.41, 5.74) is 3.63. The Labute approximate surface area is 163 Å². The van der Waals surface area contributed by atoms with Crippen LogP contribution in [0.25, 0.3) is 0 Å². The number of benzene rings is 2. The maximum absolute atomic E-state index is 12.8. The molecule has 140 valence electrons. The van der Waals surface area contributed by atoms with Crippen molar-refractivity contribution in [3.63, 3.8) is 0 Å². The molecule has 0 saturated carbocycles. The van der Waals surface area contributed by atoms with Crippen molar-refractivity contribution in [2.24, 2.45) is 0 Å². The van der Waals surface area contributed by atoms with Crippen LogP contribution in [0.15, 0.2) is 36.4 Å². The van der Waals surface area contributed by atoms with E-state index in [0.29, 0.717) is 21.8 Å². The standard InChI is InChI=1S/C21H22ClN3O2/c1-13-6-8-15(22)12-17(13)23-20(26)14-7-9-16-18(11-14)24(2)19-5-3-4-10-25(19)21(16)27/h6-9,11-12,19H,3-5,10H2,1-2H3,(H,23,26)/t19-/m1/s1. The van der Waals surface area contributed by atoms with Gasteiger partial charge in [0.25, 0.3) is 11.8 Å². The summed E-state index contributed by atoms with van der Waals surface area (Å²) in [6, 6.07) is 10.7. The van der Waals surface area contributed by atoms with E-state index in [4.69, 9.17) is 11.6 Å². The summed E-state index contributed by atoms with van der Waals surface area (Å²) in [5, 5.41) is 3.49. The summed E-state index contributed by atoms with van der Waals surface area (Å²) in [4.78, 5) is 29.7. The van der Waals surface area contributed by atoms with Crippen LogP contribution in [0, 0.1) is 6.92 Å². The molecule has 0 bridgehead atoms. The summed E-state index contributed by atoms with van der Waals surface area (Å²) in [5.74, 6) is -0.152. The van der Waals surface area contributed by atoms with Crippen molar-refractivity contribution in [2.75, 3.05) is 23.8 Å². The monoisotopic (exact) mass is 383 g/mol. The largest absolute Gasteiger partial charge is 0.354 e. The molecule has 4 rings (SSSR count). The average Bonchev–Trinajstić information content (AvgIpc) is 2.68. The third-order valence-corrected chi connectivity index (χ3v) is 5.73. The lowest BCUT2D eigenvalue weighted by molar-refractivity contribution is 0.0589. The van der Waals surface area contributed by atoms with Gasteiger partial charge in [0.05, 0.1) is 11.3 Å². The zero-order chi connectivity index (χ0) is 19.1. The summed E-state index contributed by atoms with van der Waals surface area (Å²) in [6.07, 6.45) is 3.19. The fraction of sp³-hybridized carbons (Fsp3) is 0.333. The van der Waals surface area contributed by atoms with E-state index in [1.54, 1.807) is 24.3 Å². The minimum atomic E-state index is -0.213. The van der Waals surface area contributed by atoms with Gasteiger partial charge in [0, 0.05) is 29.9 Å². The lowest BCUT2D eigenvalue weighted by Gasteiger charge is -2.46. The Morgan fingerprint density at radius 2 is 2.00 bits per heavy atom. The molecule has 2 aromatic carbocycles. The smallest absolute Gasteiger partial charge is 0.257 e. The third-order valence-electron chi connectivity index (χ3n) is 5.50. The Morgan fingerprint density at radius 3 is 2.81 bits per heavy atom. The number of nitrogens with one attached hydrogen (secondary N) is 1. The summed E-state index contributed by atoms with van der Waals surface area (Å²) < 4.78 is 0. The maximum atomic E-state index is 12.8. The van der Waals surface area contributed by atoms with Crippen LogP contribution in [0.3, 0.4) is 0 Å². The molecule has 0 radical (unpaired) electrons. The predicted octanol–water partition coefficient (Wildman–Crippen LogP) is 4.30. The minimum Gasteiger partial charge on any atom is -0.354 e. The van der Waals surface area contributed by atoms with Crippen LogP contribution < -0.4 is 10.2 Å². The molecule has 0 aliphatic carbocycles. The average molecular weight is 384 g/mol. The zero-order valence-electron chi connectivity index (χ0n) is 15.5. The van der Waals surface area contributed by atoms with Gasteiger partial charge in [-0.15, -0.1) is 0 Å². The van der Waals surface area contributed by atoms with E-state index in [1.807, 2.05) is 31.0 Å². The number of rotatable bonds is 2. The van der Waals surface area contributed by atoms with E-state index in [-0.39, 0.29) is 18.0 Å². The number of hydrogen-bond acceptors (Lipinski definition) is 3. The number of nitrogens with zero attached hydrogens (tertiary/aromatic N) is 2. The van der Waals surface area contributed by atoms with Crippen LogP contribution in [-0.4, -0.2) is 36.5 Å². The second-order valence-corrected chi connectivity index (χ2v) is 7.67. The van der Waals surface area contributed by atoms with Gasteiger partial charge in [-0.05, 0) is 62.1 Å². The van der Waals surface area contributed by atoms with Gasteiger partial charge < -0.3 is 15.1 Å². The van der Waals surface area contributed by atoms with Gasteiger partial charge in [0.15, 0.2) is 0 Å². The Balaban J connectivity index is 1.64. The molecule has 1 saturated heterocycles. The molecule has 1 atom stereocenters. The highest BCUT2D eigenvalue weighted by molar-refractivity contribution is 6.31. The molecular weight excluding hydrogens is 362 g/mol. The van der Waals surface area contributed by atoms with Crippen molar-refractivity contribution in [3.05, 3.63) is 58.1 Å². The molecule has 0 unspecified atom stereocenters. The van der Waals surface area contributed by atoms with E-state index in [1.165, 1.54) is 0 Å². The highest BCUT2D eigenvalue weighted by Gasteiger charge is 2.37. The third kappa shape index (κ3) is 3.16. The Morgan fingerprint density at radius 1 is 1.19 bits per heavy atom. The van der Waals surface area contributed by atoms with Crippen LogP contribution in [0.4, 0.5) is 11.4 Å². The Bertz CT molecular complexity index is 928. The number of aryl methyl sites for hydroxylation is 1. The number of hydrogen-bond donors (Lipinski definition) is 1. The highest BCUT2D eigenvalue weighted by atomic mass is 35.5.